The number of nitrogens with one attached hydrogen (secondary N) is 1. The minimum atomic E-state index is -0.595. The summed E-state index contributed by atoms with van der Waals surface area (Å²) in [7, 11) is 0. The van der Waals surface area contributed by atoms with Gasteiger partial charge in [0, 0.05) is 16.1 Å². The van der Waals surface area contributed by atoms with Crippen LogP contribution in [0.15, 0.2) is 34.9 Å². The predicted molar refractivity (Wildman–Crippen MR) is 86.3 cm³/mol. The lowest BCUT2D eigenvalue weighted by Crippen LogP contribution is -2.53. The summed E-state index contributed by atoms with van der Waals surface area (Å²) >= 11 is 3.47. The molecule has 0 atom stereocenters. The van der Waals surface area contributed by atoms with Crippen LogP contribution in [0.25, 0.3) is 10.8 Å². The van der Waals surface area contributed by atoms with Gasteiger partial charge in [0.05, 0.1) is 6.61 Å². The Hall–Kier alpha value is -1.62. The number of benzene rings is 1. The summed E-state index contributed by atoms with van der Waals surface area (Å²) in [6.07, 6.45) is 4.45. The monoisotopic (exact) mass is 348 g/mol. The van der Waals surface area contributed by atoms with Gasteiger partial charge in [-0.2, -0.15) is 0 Å². The van der Waals surface area contributed by atoms with Gasteiger partial charge in [0.1, 0.15) is 11.4 Å². The number of esters is 1. The molecule has 0 spiro atoms. The Morgan fingerprint density at radius 3 is 2.86 bits per heavy atom. The van der Waals surface area contributed by atoms with Crippen LogP contribution in [0, 0.1) is 0 Å². The van der Waals surface area contributed by atoms with Gasteiger partial charge in [-0.1, -0.05) is 22.0 Å². The second-order valence-electron chi connectivity index (χ2n) is 5.34. The molecule has 2 aromatic rings. The number of ether oxygens (including phenoxy) is 1. The molecule has 1 aliphatic rings. The van der Waals surface area contributed by atoms with Crippen LogP contribution in [0.1, 0.15) is 26.2 Å². The molecule has 0 saturated heterocycles. The molecule has 0 amide bonds. The Kier molecular flexibility index (Phi) is 3.85. The van der Waals surface area contributed by atoms with Gasteiger partial charge in [0.15, 0.2) is 0 Å². The van der Waals surface area contributed by atoms with E-state index in [1.807, 2.05) is 37.4 Å². The first-order valence-corrected chi connectivity index (χ1v) is 7.93. The van der Waals surface area contributed by atoms with Crippen molar-refractivity contribution in [2.45, 2.75) is 31.7 Å². The van der Waals surface area contributed by atoms with Gasteiger partial charge in [-0.05, 0) is 49.8 Å². The number of hydrogen-bond acceptors (Lipinski definition) is 4. The van der Waals surface area contributed by atoms with Crippen LogP contribution in [-0.2, 0) is 9.53 Å². The van der Waals surface area contributed by atoms with Gasteiger partial charge in [-0.3, -0.25) is 0 Å². The minimum absolute atomic E-state index is 0.174. The molecule has 1 aromatic carbocycles. The van der Waals surface area contributed by atoms with Crippen molar-refractivity contribution >= 4 is 38.5 Å². The van der Waals surface area contributed by atoms with Crippen molar-refractivity contribution in [3.63, 3.8) is 0 Å². The summed E-state index contributed by atoms with van der Waals surface area (Å²) in [5.74, 6) is 0.542. The Bertz CT molecular complexity index is 683. The van der Waals surface area contributed by atoms with Crippen LogP contribution in [0.4, 0.5) is 5.82 Å². The third kappa shape index (κ3) is 2.75. The third-order valence-corrected chi connectivity index (χ3v) is 4.42. The standard InChI is InChI=1S/C16H17BrN2O2/c1-2-21-15(20)16(6-3-7-16)19-14-9-12-8-13(17)5-4-11(12)10-18-14/h4-5,8-10H,2-3,6-7H2,1H3,(H,18,19). The largest absolute Gasteiger partial charge is 0.464 e. The fourth-order valence-corrected chi connectivity index (χ4v) is 2.98. The molecule has 3 rings (SSSR count). The lowest BCUT2D eigenvalue weighted by molar-refractivity contribution is -0.151. The van der Waals surface area contributed by atoms with Crippen molar-refractivity contribution in [2.75, 3.05) is 11.9 Å². The highest BCUT2D eigenvalue weighted by atomic mass is 79.9. The zero-order valence-corrected chi connectivity index (χ0v) is 13.4. The summed E-state index contributed by atoms with van der Waals surface area (Å²) in [6, 6.07) is 8.02. The number of halogens is 1. The molecule has 1 aliphatic carbocycles. The molecule has 5 heteroatoms. The van der Waals surface area contributed by atoms with Crippen LogP contribution in [-0.4, -0.2) is 23.1 Å². The summed E-state index contributed by atoms with van der Waals surface area (Å²) in [4.78, 5) is 16.6. The maximum Gasteiger partial charge on any atom is 0.331 e. The molecular formula is C16H17BrN2O2. The van der Waals surface area contributed by atoms with Gasteiger partial charge in [-0.25, -0.2) is 9.78 Å². The number of aromatic nitrogens is 1. The van der Waals surface area contributed by atoms with E-state index in [0.717, 1.165) is 34.5 Å². The summed E-state index contributed by atoms with van der Waals surface area (Å²) in [5.41, 5.74) is -0.595. The van der Waals surface area contributed by atoms with Crippen molar-refractivity contribution in [1.29, 1.82) is 0 Å². The van der Waals surface area contributed by atoms with E-state index in [-0.39, 0.29) is 5.97 Å². The number of rotatable bonds is 4. The molecule has 1 heterocycles. The number of fused-ring (bicyclic) bond motifs is 1. The molecule has 0 aliphatic heterocycles. The number of nitrogens with zero attached hydrogens (tertiary/aromatic N) is 1. The van der Waals surface area contributed by atoms with Crippen LogP contribution >= 0.6 is 15.9 Å². The molecule has 0 radical (unpaired) electrons. The van der Waals surface area contributed by atoms with Crippen molar-refractivity contribution in [3.05, 3.63) is 34.9 Å². The Morgan fingerprint density at radius 2 is 2.19 bits per heavy atom. The smallest absolute Gasteiger partial charge is 0.331 e. The van der Waals surface area contributed by atoms with Crippen molar-refractivity contribution in [2.24, 2.45) is 0 Å². The predicted octanol–water partition coefficient (Wildman–Crippen LogP) is 3.90. The molecule has 1 aromatic heterocycles. The van der Waals surface area contributed by atoms with E-state index in [2.05, 4.69) is 26.2 Å². The van der Waals surface area contributed by atoms with Crippen molar-refractivity contribution in [3.8, 4) is 0 Å². The van der Waals surface area contributed by atoms with Crippen LogP contribution in [0.3, 0.4) is 0 Å². The third-order valence-electron chi connectivity index (χ3n) is 3.92. The maximum atomic E-state index is 12.1. The lowest BCUT2D eigenvalue weighted by atomic mass is 9.76. The molecule has 0 bridgehead atoms. The summed E-state index contributed by atoms with van der Waals surface area (Å²) in [6.45, 7) is 2.23. The zero-order chi connectivity index (χ0) is 14.9. The fourth-order valence-electron chi connectivity index (χ4n) is 2.61. The Balaban J connectivity index is 1.88. The molecule has 21 heavy (non-hydrogen) atoms. The lowest BCUT2D eigenvalue weighted by Gasteiger charge is -2.40. The highest BCUT2D eigenvalue weighted by Gasteiger charge is 2.45. The number of hydrogen-bond donors (Lipinski definition) is 1. The number of anilines is 1. The van der Waals surface area contributed by atoms with E-state index in [1.165, 1.54) is 0 Å². The van der Waals surface area contributed by atoms with E-state index in [1.54, 1.807) is 0 Å². The van der Waals surface area contributed by atoms with Gasteiger partial charge >= 0.3 is 5.97 Å². The van der Waals surface area contributed by atoms with E-state index < -0.39 is 5.54 Å². The average molecular weight is 349 g/mol. The first kappa shape index (κ1) is 14.3. The van der Waals surface area contributed by atoms with E-state index in [0.29, 0.717) is 12.4 Å². The second kappa shape index (κ2) is 5.64. The average Bonchev–Trinajstić information content (AvgIpc) is 2.42. The SMILES string of the molecule is CCOC(=O)C1(Nc2cc3cc(Br)ccc3cn2)CCC1. The first-order valence-electron chi connectivity index (χ1n) is 7.14. The van der Waals surface area contributed by atoms with Crippen LogP contribution in [0.5, 0.6) is 0 Å². The normalized spacial score (nSPS) is 16.3. The van der Waals surface area contributed by atoms with Crippen molar-refractivity contribution < 1.29 is 9.53 Å². The quantitative estimate of drug-likeness (QED) is 0.851. The second-order valence-corrected chi connectivity index (χ2v) is 6.26. The highest BCUT2D eigenvalue weighted by molar-refractivity contribution is 9.10. The van der Waals surface area contributed by atoms with E-state index >= 15 is 0 Å². The molecule has 1 saturated carbocycles. The topological polar surface area (TPSA) is 51.2 Å². The summed E-state index contributed by atoms with van der Waals surface area (Å²) < 4.78 is 6.22. The molecule has 0 unspecified atom stereocenters. The Labute approximate surface area is 132 Å². The zero-order valence-electron chi connectivity index (χ0n) is 11.9. The molecule has 1 N–H and O–H groups in total. The minimum Gasteiger partial charge on any atom is -0.464 e. The van der Waals surface area contributed by atoms with Gasteiger partial charge in [0.2, 0.25) is 0 Å². The number of carbonyl (C=O) groups is 1. The first-order chi connectivity index (χ1) is 10.1. The molecule has 1 fully saturated rings. The number of carbonyl (C=O) groups excluding carboxylic acids is 1. The van der Waals surface area contributed by atoms with Gasteiger partial charge in [0.25, 0.3) is 0 Å². The van der Waals surface area contributed by atoms with E-state index in [4.69, 9.17) is 4.74 Å². The molecule has 4 nitrogen and oxygen atoms in total. The number of pyridine rings is 1. The van der Waals surface area contributed by atoms with Crippen LogP contribution in [0.2, 0.25) is 0 Å². The maximum absolute atomic E-state index is 12.1. The van der Waals surface area contributed by atoms with Crippen LogP contribution < -0.4 is 5.32 Å². The highest BCUT2D eigenvalue weighted by Crippen LogP contribution is 2.36. The fraction of sp³-hybridized carbons (Fsp3) is 0.375. The summed E-state index contributed by atoms with van der Waals surface area (Å²) in [5, 5.41) is 5.44. The van der Waals surface area contributed by atoms with E-state index in [9.17, 15) is 4.79 Å². The Morgan fingerprint density at radius 1 is 1.38 bits per heavy atom. The molecular weight excluding hydrogens is 332 g/mol. The van der Waals surface area contributed by atoms with Gasteiger partial charge < -0.3 is 10.1 Å². The molecule has 110 valence electrons. The van der Waals surface area contributed by atoms with Crippen molar-refractivity contribution in [1.82, 2.24) is 4.98 Å². The van der Waals surface area contributed by atoms with Gasteiger partial charge in [-0.15, -0.1) is 0 Å².